The highest BCUT2D eigenvalue weighted by Gasteiger charge is 2.23. The van der Waals surface area contributed by atoms with Crippen LogP contribution in [0.4, 0.5) is 0 Å². The molecule has 0 spiro atoms. The summed E-state index contributed by atoms with van der Waals surface area (Å²) in [4.78, 5) is 0.304. The van der Waals surface area contributed by atoms with Gasteiger partial charge in [-0.25, -0.2) is 13.1 Å². The van der Waals surface area contributed by atoms with E-state index in [1.54, 1.807) is 12.1 Å². The van der Waals surface area contributed by atoms with Gasteiger partial charge in [-0.3, -0.25) is 0 Å². The fraction of sp³-hybridized carbons (Fsp3) is 0.500. The molecular formula is C12H18BrClN2O2S. The third kappa shape index (κ3) is 4.43. The van der Waals surface area contributed by atoms with Crippen LogP contribution in [0, 0.1) is 6.92 Å². The van der Waals surface area contributed by atoms with Gasteiger partial charge in [-0.2, -0.15) is 0 Å². The predicted octanol–water partition coefficient (Wildman–Crippen LogP) is 2.21. The van der Waals surface area contributed by atoms with E-state index in [0.29, 0.717) is 15.9 Å². The summed E-state index contributed by atoms with van der Waals surface area (Å²) in [5.74, 6) is 0. The fourth-order valence-corrected chi connectivity index (χ4v) is 4.52. The van der Waals surface area contributed by atoms with E-state index in [1.807, 2.05) is 13.0 Å². The highest BCUT2D eigenvalue weighted by molar-refractivity contribution is 9.10. The fourth-order valence-electron chi connectivity index (χ4n) is 2.06. The van der Waals surface area contributed by atoms with Crippen LogP contribution < -0.4 is 10.0 Å². The summed E-state index contributed by atoms with van der Waals surface area (Å²) >= 11 is 3.31. The molecule has 0 radical (unpaired) electrons. The van der Waals surface area contributed by atoms with Crippen LogP contribution in [-0.4, -0.2) is 27.5 Å². The van der Waals surface area contributed by atoms with Crippen molar-refractivity contribution in [3.05, 3.63) is 28.2 Å². The molecule has 7 heteroatoms. The van der Waals surface area contributed by atoms with E-state index in [2.05, 4.69) is 26.0 Å². The molecule has 1 saturated heterocycles. The van der Waals surface area contributed by atoms with Gasteiger partial charge in [0.1, 0.15) is 0 Å². The zero-order valence-electron chi connectivity index (χ0n) is 10.6. The lowest BCUT2D eigenvalue weighted by molar-refractivity contribution is 0.428. The molecule has 1 heterocycles. The van der Waals surface area contributed by atoms with Gasteiger partial charge in [-0.15, -0.1) is 12.4 Å². The Morgan fingerprint density at radius 3 is 2.74 bits per heavy atom. The lowest BCUT2D eigenvalue weighted by Gasteiger charge is -2.23. The van der Waals surface area contributed by atoms with E-state index in [4.69, 9.17) is 0 Å². The lowest BCUT2D eigenvalue weighted by atomic mass is 10.1. The van der Waals surface area contributed by atoms with Crippen molar-refractivity contribution in [3.63, 3.8) is 0 Å². The van der Waals surface area contributed by atoms with Gasteiger partial charge >= 0.3 is 0 Å². The first-order chi connectivity index (χ1) is 8.49. The van der Waals surface area contributed by atoms with Crippen molar-refractivity contribution in [2.75, 3.05) is 13.1 Å². The van der Waals surface area contributed by atoms with Gasteiger partial charge in [-0.1, -0.05) is 6.07 Å². The second-order valence-corrected chi connectivity index (χ2v) is 7.14. The van der Waals surface area contributed by atoms with Crippen molar-refractivity contribution in [2.45, 2.75) is 30.7 Å². The van der Waals surface area contributed by atoms with E-state index >= 15 is 0 Å². The van der Waals surface area contributed by atoms with Crippen molar-refractivity contribution in [1.29, 1.82) is 0 Å². The first kappa shape index (κ1) is 16.9. The SMILES string of the molecule is Cc1ccc(S(=O)(=O)NC2CCCNC2)c(Br)c1.Cl. The Labute approximate surface area is 128 Å². The average molecular weight is 370 g/mol. The number of aryl methyl sites for hydroxylation is 1. The summed E-state index contributed by atoms with van der Waals surface area (Å²) in [7, 11) is -3.44. The van der Waals surface area contributed by atoms with E-state index < -0.39 is 10.0 Å². The van der Waals surface area contributed by atoms with Gasteiger partial charge in [0.25, 0.3) is 0 Å². The van der Waals surface area contributed by atoms with Crippen LogP contribution in [0.2, 0.25) is 0 Å². The predicted molar refractivity (Wildman–Crippen MR) is 82.3 cm³/mol. The second kappa shape index (κ2) is 7.04. The number of sulfonamides is 1. The average Bonchev–Trinajstić information content (AvgIpc) is 2.29. The quantitative estimate of drug-likeness (QED) is 0.859. The number of hydrogen-bond acceptors (Lipinski definition) is 3. The summed E-state index contributed by atoms with van der Waals surface area (Å²) in [6, 6.07) is 5.24. The van der Waals surface area contributed by atoms with Crippen LogP contribution in [0.3, 0.4) is 0 Å². The smallest absolute Gasteiger partial charge is 0.241 e. The van der Waals surface area contributed by atoms with Crippen molar-refractivity contribution in [3.8, 4) is 0 Å². The molecule has 1 aliphatic heterocycles. The van der Waals surface area contributed by atoms with Gasteiger partial charge in [0.2, 0.25) is 10.0 Å². The molecule has 1 aromatic carbocycles. The molecule has 108 valence electrons. The normalized spacial score (nSPS) is 19.8. The third-order valence-corrected chi connectivity index (χ3v) is 5.49. The Kier molecular flexibility index (Phi) is 6.26. The largest absolute Gasteiger partial charge is 0.315 e. The molecule has 0 saturated carbocycles. The first-order valence-corrected chi connectivity index (χ1v) is 8.26. The topological polar surface area (TPSA) is 58.2 Å². The van der Waals surface area contributed by atoms with Crippen molar-refractivity contribution < 1.29 is 8.42 Å². The zero-order chi connectivity index (χ0) is 13.2. The maximum absolute atomic E-state index is 12.3. The van der Waals surface area contributed by atoms with Crippen LogP contribution >= 0.6 is 28.3 Å². The maximum Gasteiger partial charge on any atom is 0.241 e. The van der Waals surface area contributed by atoms with Gasteiger partial charge in [0.15, 0.2) is 0 Å². The van der Waals surface area contributed by atoms with E-state index in [0.717, 1.165) is 24.9 Å². The Balaban J connectivity index is 0.00000180. The molecule has 1 fully saturated rings. The molecule has 1 unspecified atom stereocenters. The molecule has 0 amide bonds. The van der Waals surface area contributed by atoms with E-state index in [1.165, 1.54) is 0 Å². The minimum absolute atomic E-state index is 0. The Bertz CT molecular complexity index is 531. The van der Waals surface area contributed by atoms with Crippen LogP contribution in [0.15, 0.2) is 27.6 Å². The van der Waals surface area contributed by atoms with Crippen molar-refractivity contribution in [2.24, 2.45) is 0 Å². The number of hydrogen-bond donors (Lipinski definition) is 2. The summed E-state index contributed by atoms with van der Waals surface area (Å²) < 4.78 is 27.9. The van der Waals surface area contributed by atoms with Crippen LogP contribution in [-0.2, 0) is 10.0 Å². The minimum atomic E-state index is -3.44. The number of rotatable bonds is 3. The van der Waals surface area contributed by atoms with Gasteiger partial charge in [0.05, 0.1) is 4.90 Å². The molecule has 1 atom stereocenters. The molecule has 19 heavy (non-hydrogen) atoms. The molecule has 0 aromatic heterocycles. The second-order valence-electron chi connectivity index (χ2n) is 4.60. The van der Waals surface area contributed by atoms with E-state index in [9.17, 15) is 8.42 Å². The molecular weight excluding hydrogens is 352 g/mol. The molecule has 2 rings (SSSR count). The number of piperidine rings is 1. The molecule has 1 aliphatic rings. The standard InChI is InChI=1S/C12H17BrN2O2S.ClH/c1-9-4-5-12(11(13)7-9)18(16,17)15-10-3-2-6-14-8-10;/h4-5,7,10,14-15H,2-3,6,8H2,1H3;1H. The first-order valence-electron chi connectivity index (χ1n) is 5.98. The summed E-state index contributed by atoms with van der Waals surface area (Å²) in [6.45, 7) is 3.59. The molecule has 0 bridgehead atoms. The Morgan fingerprint density at radius 2 is 2.16 bits per heavy atom. The van der Waals surface area contributed by atoms with Gasteiger partial charge in [-0.05, 0) is 59.9 Å². The van der Waals surface area contributed by atoms with E-state index in [-0.39, 0.29) is 18.4 Å². The molecule has 1 aromatic rings. The summed E-state index contributed by atoms with van der Waals surface area (Å²) in [5.41, 5.74) is 1.03. The number of nitrogens with one attached hydrogen (secondary N) is 2. The number of benzene rings is 1. The highest BCUT2D eigenvalue weighted by Crippen LogP contribution is 2.23. The lowest BCUT2D eigenvalue weighted by Crippen LogP contribution is -2.45. The van der Waals surface area contributed by atoms with Crippen LogP contribution in [0.1, 0.15) is 18.4 Å². The van der Waals surface area contributed by atoms with Crippen LogP contribution in [0.25, 0.3) is 0 Å². The summed E-state index contributed by atoms with van der Waals surface area (Å²) in [5, 5.41) is 3.19. The molecule has 0 aliphatic carbocycles. The summed E-state index contributed by atoms with van der Waals surface area (Å²) in [6.07, 6.45) is 1.89. The number of halogens is 2. The highest BCUT2D eigenvalue weighted by atomic mass is 79.9. The van der Waals surface area contributed by atoms with Crippen LogP contribution in [0.5, 0.6) is 0 Å². The van der Waals surface area contributed by atoms with Gasteiger partial charge in [0, 0.05) is 17.1 Å². The van der Waals surface area contributed by atoms with Crippen molar-refractivity contribution >= 4 is 38.4 Å². The minimum Gasteiger partial charge on any atom is -0.315 e. The zero-order valence-corrected chi connectivity index (χ0v) is 13.9. The molecule has 2 N–H and O–H groups in total. The maximum atomic E-state index is 12.3. The Hall–Kier alpha value is -0.140. The van der Waals surface area contributed by atoms with Gasteiger partial charge < -0.3 is 5.32 Å². The molecule has 4 nitrogen and oxygen atoms in total. The third-order valence-electron chi connectivity index (χ3n) is 3.00. The monoisotopic (exact) mass is 368 g/mol. The Morgan fingerprint density at radius 1 is 1.42 bits per heavy atom. The van der Waals surface area contributed by atoms with Crippen molar-refractivity contribution in [1.82, 2.24) is 10.0 Å².